The summed E-state index contributed by atoms with van der Waals surface area (Å²) in [4.78, 5) is 0. The van der Waals surface area contributed by atoms with Crippen LogP contribution in [-0.2, 0) is 6.61 Å². The molecular formula is C18H23NO. The van der Waals surface area contributed by atoms with Crippen molar-refractivity contribution in [2.45, 2.75) is 39.3 Å². The first-order chi connectivity index (χ1) is 9.58. The number of hydrogen-bond acceptors (Lipinski definition) is 2. The predicted molar refractivity (Wildman–Crippen MR) is 83.9 cm³/mol. The standard InChI is InChI=1S/C18H23NO/c1-13(2)16-10-8-15(9-11-16)12-20-18-7-5-4-6-17(18)14(3)19/h4-11,13-14H,12,19H2,1-3H3/t14-/m0/s1. The molecule has 2 nitrogen and oxygen atoms in total. The van der Waals surface area contributed by atoms with Gasteiger partial charge in [-0.25, -0.2) is 0 Å². The van der Waals surface area contributed by atoms with Crippen molar-refractivity contribution < 1.29 is 4.74 Å². The van der Waals surface area contributed by atoms with E-state index in [1.54, 1.807) is 0 Å². The summed E-state index contributed by atoms with van der Waals surface area (Å²) in [6, 6.07) is 16.5. The van der Waals surface area contributed by atoms with Crippen LogP contribution in [0, 0.1) is 0 Å². The topological polar surface area (TPSA) is 35.2 Å². The maximum absolute atomic E-state index is 5.96. The van der Waals surface area contributed by atoms with Gasteiger partial charge in [0.15, 0.2) is 0 Å². The normalized spacial score (nSPS) is 12.4. The predicted octanol–water partition coefficient (Wildman–Crippen LogP) is 4.41. The second-order valence-corrected chi connectivity index (χ2v) is 5.51. The highest BCUT2D eigenvalue weighted by Crippen LogP contribution is 2.24. The third kappa shape index (κ3) is 3.61. The molecule has 2 N–H and O–H groups in total. The summed E-state index contributed by atoms with van der Waals surface area (Å²) in [6.07, 6.45) is 0. The highest BCUT2D eigenvalue weighted by atomic mass is 16.5. The third-order valence-electron chi connectivity index (χ3n) is 3.45. The lowest BCUT2D eigenvalue weighted by Crippen LogP contribution is -2.08. The van der Waals surface area contributed by atoms with Gasteiger partial charge in [-0.2, -0.15) is 0 Å². The summed E-state index contributed by atoms with van der Waals surface area (Å²) in [5.41, 5.74) is 9.53. The Morgan fingerprint density at radius 3 is 2.20 bits per heavy atom. The van der Waals surface area contributed by atoms with Crippen molar-refractivity contribution in [1.82, 2.24) is 0 Å². The second kappa shape index (κ2) is 6.58. The molecule has 0 aliphatic carbocycles. The first-order valence-electron chi connectivity index (χ1n) is 7.14. The molecule has 106 valence electrons. The van der Waals surface area contributed by atoms with E-state index in [-0.39, 0.29) is 6.04 Å². The minimum Gasteiger partial charge on any atom is -0.489 e. The van der Waals surface area contributed by atoms with Gasteiger partial charge in [-0.3, -0.25) is 0 Å². The van der Waals surface area contributed by atoms with Crippen molar-refractivity contribution >= 4 is 0 Å². The molecule has 2 heteroatoms. The zero-order valence-electron chi connectivity index (χ0n) is 12.5. The molecule has 20 heavy (non-hydrogen) atoms. The zero-order chi connectivity index (χ0) is 14.5. The summed E-state index contributed by atoms with van der Waals surface area (Å²) in [7, 11) is 0. The minimum atomic E-state index is -0.0190. The lowest BCUT2D eigenvalue weighted by Gasteiger charge is -2.14. The van der Waals surface area contributed by atoms with Gasteiger partial charge in [0.1, 0.15) is 12.4 Å². The quantitative estimate of drug-likeness (QED) is 0.872. The minimum absolute atomic E-state index is 0.0190. The van der Waals surface area contributed by atoms with E-state index in [0.29, 0.717) is 12.5 Å². The largest absolute Gasteiger partial charge is 0.489 e. The van der Waals surface area contributed by atoms with Crippen LogP contribution in [0.3, 0.4) is 0 Å². The molecule has 0 unspecified atom stereocenters. The summed E-state index contributed by atoms with van der Waals surface area (Å²) >= 11 is 0. The molecule has 0 bridgehead atoms. The molecule has 0 saturated carbocycles. The molecule has 0 fully saturated rings. The van der Waals surface area contributed by atoms with Crippen molar-refractivity contribution in [3.63, 3.8) is 0 Å². The van der Waals surface area contributed by atoms with E-state index >= 15 is 0 Å². The Bertz CT molecular complexity index is 544. The van der Waals surface area contributed by atoms with Gasteiger partial charge in [0.05, 0.1) is 0 Å². The van der Waals surface area contributed by atoms with E-state index in [1.807, 2.05) is 31.2 Å². The molecule has 2 rings (SSSR count). The summed E-state index contributed by atoms with van der Waals surface area (Å²) < 4.78 is 5.90. The lowest BCUT2D eigenvalue weighted by atomic mass is 10.0. The van der Waals surface area contributed by atoms with E-state index in [9.17, 15) is 0 Å². The molecule has 2 aromatic rings. The summed E-state index contributed by atoms with van der Waals surface area (Å²) in [5, 5.41) is 0. The monoisotopic (exact) mass is 269 g/mol. The molecule has 0 aromatic heterocycles. The van der Waals surface area contributed by atoms with Crippen LogP contribution >= 0.6 is 0 Å². The number of rotatable bonds is 5. The molecule has 0 saturated heterocycles. The second-order valence-electron chi connectivity index (χ2n) is 5.51. The number of hydrogen-bond donors (Lipinski definition) is 1. The molecule has 2 aromatic carbocycles. The highest BCUT2D eigenvalue weighted by molar-refractivity contribution is 5.35. The van der Waals surface area contributed by atoms with Crippen LogP contribution in [0.5, 0.6) is 5.75 Å². The molecule has 0 aliphatic heterocycles. The van der Waals surface area contributed by atoms with E-state index in [0.717, 1.165) is 11.3 Å². The van der Waals surface area contributed by atoms with E-state index < -0.39 is 0 Å². The average Bonchev–Trinajstić information content (AvgIpc) is 2.45. The Labute approximate surface area is 121 Å². The zero-order valence-corrected chi connectivity index (χ0v) is 12.5. The molecule has 1 atom stereocenters. The van der Waals surface area contributed by atoms with E-state index in [2.05, 4.69) is 38.1 Å². The van der Waals surface area contributed by atoms with Crippen molar-refractivity contribution in [3.8, 4) is 5.75 Å². The first kappa shape index (κ1) is 14.6. The van der Waals surface area contributed by atoms with Crippen molar-refractivity contribution in [2.24, 2.45) is 5.73 Å². The fraction of sp³-hybridized carbons (Fsp3) is 0.333. The fourth-order valence-electron chi connectivity index (χ4n) is 2.15. The summed E-state index contributed by atoms with van der Waals surface area (Å²) in [6.45, 7) is 6.94. The molecule has 0 heterocycles. The Kier molecular flexibility index (Phi) is 4.80. The Balaban J connectivity index is 2.05. The molecule has 0 spiro atoms. The van der Waals surface area contributed by atoms with Gasteiger partial charge >= 0.3 is 0 Å². The van der Waals surface area contributed by atoms with Crippen LogP contribution in [-0.4, -0.2) is 0 Å². The van der Waals surface area contributed by atoms with Gasteiger partial charge in [-0.15, -0.1) is 0 Å². The Hall–Kier alpha value is -1.80. The van der Waals surface area contributed by atoms with Crippen molar-refractivity contribution in [1.29, 1.82) is 0 Å². The van der Waals surface area contributed by atoms with Crippen LogP contribution in [0.25, 0.3) is 0 Å². The van der Waals surface area contributed by atoms with Gasteiger partial charge in [-0.05, 0) is 30.0 Å². The molecule has 0 aliphatic rings. The van der Waals surface area contributed by atoms with Gasteiger partial charge in [0.2, 0.25) is 0 Å². The maximum atomic E-state index is 5.96. The van der Waals surface area contributed by atoms with Crippen LogP contribution in [0.1, 0.15) is 49.4 Å². The number of nitrogens with two attached hydrogens (primary N) is 1. The van der Waals surface area contributed by atoms with Gasteiger partial charge in [0, 0.05) is 11.6 Å². The summed E-state index contributed by atoms with van der Waals surface area (Å²) in [5.74, 6) is 1.43. The van der Waals surface area contributed by atoms with Crippen molar-refractivity contribution in [2.75, 3.05) is 0 Å². The number of ether oxygens (including phenoxy) is 1. The van der Waals surface area contributed by atoms with Crippen LogP contribution in [0.2, 0.25) is 0 Å². The molecule has 0 amide bonds. The smallest absolute Gasteiger partial charge is 0.124 e. The Morgan fingerprint density at radius 2 is 1.60 bits per heavy atom. The van der Waals surface area contributed by atoms with Crippen LogP contribution in [0.4, 0.5) is 0 Å². The third-order valence-corrected chi connectivity index (χ3v) is 3.45. The molecular weight excluding hydrogens is 246 g/mol. The SMILES string of the molecule is CC(C)c1ccc(COc2ccccc2[C@H](C)N)cc1. The highest BCUT2D eigenvalue weighted by Gasteiger charge is 2.07. The average molecular weight is 269 g/mol. The van der Waals surface area contributed by atoms with E-state index in [1.165, 1.54) is 11.1 Å². The number of benzene rings is 2. The van der Waals surface area contributed by atoms with Crippen LogP contribution in [0.15, 0.2) is 48.5 Å². The molecule has 0 radical (unpaired) electrons. The Morgan fingerprint density at radius 1 is 0.950 bits per heavy atom. The number of para-hydroxylation sites is 1. The van der Waals surface area contributed by atoms with Gasteiger partial charge in [-0.1, -0.05) is 56.3 Å². The first-order valence-corrected chi connectivity index (χ1v) is 7.14. The van der Waals surface area contributed by atoms with Gasteiger partial charge < -0.3 is 10.5 Å². The van der Waals surface area contributed by atoms with E-state index in [4.69, 9.17) is 10.5 Å². The maximum Gasteiger partial charge on any atom is 0.124 e. The van der Waals surface area contributed by atoms with Crippen LogP contribution < -0.4 is 10.5 Å². The fourth-order valence-corrected chi connectivity index (χ4v) is 2.15. The van der Waals surface area contributed by atoms with Crippen molar-refractivity contribution in [3.05, 3.63) is 65.2 Å². The lowest BCUT2D eigenvalue weighted by molar-refractivity contribution is 0.301. The van der Waals surface area contributed by atoms with Gasteiger partial charge in [0.25, 0.3) is 0 Å².